The molecule has 172 valence electrons. The number of benzene rings is 3. The van der Waals surface area contributed by atoms with Crippen LogP contribution in [0.4, 0.5) is 5.69 Å². The maximum Gasteiger partial charge on any atom is 0.247 e. The Bertz CT molecular complexity index is 1380. The highest BCUT2D eigenvalue weighted by molar-refractivity contribution is 7.98. The van der Waals surface area contributed by atoms with Crippen LogP contribution in [0.2, 0.25) is 0 Å². The van der Waals surface area contributed by atoms with Crippen molar-refractivity contribution in [3.8, 4) is 22.9 Å². The molecule has 0 fully saturated rings. The highest BCUT2D eigenvalue weighted by Gasteiger charge is 2.37. The molecule has 0 saturated carbocycles. The number of carbonyl (C=O) groups is 1. The van der Waals surface area contributed by atoms with Gasteiger partial charge in [0, 0.05) is 12.0 Å². The number of amides is 1. The molecule has 0 spiro atoms. The van der Waals surface area contributed by atoms with E-state index >= 15 is 0 Å². The molecule has 4 aromatic rings. The molecule has 0 aliphatic carbocycles. The SMILES string of the molecule is CCCC(=O)N1c2ccccc2-c2nnc(SC)nc2O[C@@H]1c1c(OC)ccc2ccccc12. The summed E-state index contributed by atoms with van der Waals surface area (Å²) >= 11 is 1.38. The van der Waals surface area contributed by atoms with E-state index in [-0.39, 0.29) is 5.91 Å². The summed E-state index contributed by atoms with van der Waals surface area (Å²) in [5, 5.41) is 11.1. The van der Waals surface area contributed by atoms with Crippen LogP contribution in [0.3, 0.4) is 0 Å². The summed E-state index contributed by atoms with van der Waals surface area (Å²) in [6.07, 6.45) is 2.15. The normalized spacial score (nSPS) is 14.7. The molecular formula is C26H24N4O3S. The minimum Gasteiger partial charge on any atom is -0.496 e. The van der Waals surface area contributed by atoms with Gasteiger partial charge >= 0.3 is 0 Å². The molecule has 1 atom stereocenters. The second kappa shape index (κ2) is 9.30. The zero-order valence-corrected chi connectivity index (χ0v) is 20.0. The van der Waals surface area contributed by atoms with E-state index in [1.807, 2.05) is 73.8 Å². The second-order valence-corrected chi connectivity index (χ2v) is 8.63. The molecule has 0 saturated heterocycles. The number of methoxy groups -OCH3 is 1. The van der Waals surface area contributed by atoms with Crippen molar-refractivity contribution in [1.82, 2.24) is 15.2 Å². The van der Waals surface area contributed by atoms with E-state index in [2.05, 4.69) is 15.2 Å². The summed E-state index contributed by atoms with van der Waals surface area (Å²) in [5.41, 5.74) is 2.71. The van der Waals surface area contributed by atoms with Gasteiger partial charge in [0.05, 0.1) is 18.4 Å². The molecule has 2 heterocycles. The van der Waals surface area contributed by atoms with Crippen LogP contribution in [0.5, 0.6) is 11.6 Å². The highest BCUT2D eigenvalue weighted by Crippen LogP contribution is 2.46. The molecule has 0 radical (unpaired) electrons. The molecule has 34 heavy (non-hydrogen) atoms. The number of thioether (sulfide) groups is 1. The fourth-order valence-corrected chi connectivity index (χ4v) is 4.60. The summed E-state index contributed by atoms with van der Waals surface area (Å²) in [7, 11) is 1.62. The molecule has 1 aliphatic heterocycles. The Morgan fingerprint density at radius 2 is 1.88 bits per heavy atom. The fourth-order valence-electron chi connectivity index (χ4n) is 4.30. The third-order valence-electron chi connectivity index (χ3n) is 5.82. The Balaban J connectivity index is 1.84. The van der Waals surface area contributed by atoms with E-state index in [9.17, 15) is 4.79 Å². The topological polar surface area (TPSA) is 77.4 Å². The summed E-state index contributed by atoms with van der Waals surface area (Å²) in [4.78, 5) is 20.0. The van der Waals surface area contributed by atoms with Crippen molar-refractivity contribution in [2.24, 2.45) is 0 Å². The zero-order valence-electron chi connectivity index (χ0n) is 19.2. The lowest BCUT2D eigenvalue weighted by Crippen LogP contribution is -2.38. The first-order valence-corrected chi connectivity index (χ1v) is 12.3. The van der Waals surface area contributed by atoms with Crippen molar-refractivity contribution in [3.05, 3.63) is 66.2 Å². The molecule has 0 bridgehead atoms. The van der Waals surface area contributed by atoms with Gasteiger partial charge in [0.2, 0.25) is 23.2 Å². The number of rotatable bonds is 5. The van der Waals surface area contributed by atoms with Crippen molar-refractivity contribution < 1.29 is 14.3 Å². The lowest BCUT2D eigenvalue weighted by molar-refractivity contribution is -0.120. The number of hydrogen-bond donors (Lipinski definition) is 0. The number of nitrogens with zero attached hydrogens (tertiary/aromatic N) is 4. The van der Waals surface area contributed by atoms with Gasteiger partial charge in [0.25, 0.3) is 0 Å². The molecule has 5 rings (SSSR count). The van der Waals surface area contributed by atoms with E-state index in [1.165, 1.54) is 11.8 Å². The van der Waals surface area contributed by atoms with Gasteiger partial charge in [-0.3, -0.25) is 9.69 Å². The Morgan fingerprint density at radius 3 is 2.68 bits per heavy atom. The van der Waals surface area contributed by atoms with E-state index in [1.54, 1.807) is 12.0 Å². The Morgan fingerprint density at radius 1 is 1.09 bits per heavy atom. The smallest absolute Gasteiger partial charge is 0.247 e. The van der Waals surface area contributed by atoms with Crippen LogP contribution in [-0.4, -0.2) is 34.5 Å². The van der Waals surface area contributed by atoms with E-state index in [4.69, 9.17) is 9.47 Å². The van der Waals surface area contributed by atoms with Crippen LogP contribution in [0, 0.1) is 0 Å². The first-order chi connectivity index (χ1) is 16.7. The maximum atomic E-state index is 13.7. The summed E-state index contributed by atoms with van der Waals surface area (Å²) in [6.45, 7) is 1.99. The lowest BCUT2D eigenvalue weighted by Gasteiger charge is -2.32. The predicted molar refractivity (Wildman–Crippen MR) is 133 cm³/mol. The highest BCUT2D eigenvalue weighted by atomic mass is 32.2. The molecule has 1 aromatic heterocycles. The second-order valence-electron chi connectivity index (χ2n) is 7.86. The average Bonchev–Trinajstić information content (AvgIpc) is 3.02. The first kappa shape index (κ1) is 22.2. The summed E-state index contributed by atoms with van der Waals surface area (Å²) in [5.74, 6) is 0.908. The monoisotopic (exact) mass is 472 g/mol. The van der Waals surface area contributed by atoms with Gasteiger partial charge in [-0.1, -0.05) is 67.2 Å². The van der Waals surface area contributed by atoms with Gasteiger partial charge in [-0.05, 0) is 35.6 Å². The molecule has 1 amide bonds. The van der Waals surface area contributed by atoms with Crippen LogP contribution >= 0.6 is 11.8 Å². The van der Waals surface area contributed by atoms with Crippen LogP contribution in [0.25, 0.3) is 22.0 Å². The van der Waals surface area contributed by atoms with Crippen molar-refractivity contribution in [3.63, 3.8) is 0 Å². The number of fused-ring (bicyclic) bond motifs is 4. The number of anilines is 1. The number of ether oxygens (including phenoxy) is 2. The van der Waals surface area contributed by atoms with Gasteiger partial charge in [0.15, 0.2) is 5.69 Å². The standard InChI is InChI=1S/C26H24N4O3S/c1-4-9-21(31)30-19-13-8-7-12-18(19)23-24(27-26(34-3)29-28-23)33-25(30)22-17-11-6-5-10-16(17)14-15-20(22)32-2/h5-8,10-15,25H,4,9H2,1-3H3/t25-/m1/s1. The molecule has 0 unspecified atom stereocenters. The molecule has 3 aromatic carbocycles. The Labute approximate surface area is 202 Å². The van der Waals surface area contributed by atoms with Gasteiger partial charge in [-0.25, -0.2) is 0 Å². The summed E-state index contributed by atoms with van der Waals surface area (Å²) in [6, 6.07) is 19.6. The number of hydrogen-bond acceptors (Lipinski definition) is 7. The molecule has 8 heteroatoms. The van der Waals surface area contributed by atoms with Crippen LogP contribution in [-0.2, 0) is 4.79 Å². The maximum absolute atomic E-state index is 13.7. The molecule has 1 aliphatic rings. The van der Waals surface area contributed by atoms with E-state index in [0.717, 1.165) is 21.9 Å². The number of para-hydroxylation sites is 1. The molecular weight excluding hydrogens is 448 g/mol. The van der Waals surface area contributed by atoms with Crippen molar-refractivity contribution >= 4 is 34.1 Å². The molecule has 0 N–H and O–H groups in total. The van der Waals surface area contributed by atoms with E-state index < -0.39 is 6.23 Å². The van der Waals surface area contributed by atoms with E-state index in [0.29, 0.717) is 41.0 Å². The number of carbonyl (C=O) groups excluding carboxylic acids is 1. The first-order valence-electron chi connectivity index (χ1n) is 11.1. The molecule has 7 nitrogen and oxygen atoms in total. The number of aromatic nitrogens is 3. The predicted octanol–water partition coefficient (Wildman–Crippen LogP) is 5.65. The van der Waals surface area contributed by atoms with Crippen LogP contribution < -0.4 is 14.4 Å². The Kier molecular flexibility index (Phi) is 6.06. The minimum atomic E-state index is -0.811. The third kappa shape index (κ3) is 3.74. The van der Waals surface area contributed by atoms with Gasteiger partial charge in [0.1, 0.15) is 5.75 Å². The lowest BCUT2D eigenvalue weighted by atomic mass is 10.0. The third-order valence-corrected chi connectivity index (χ3v) is 6.36. The van der Waals surface area contributed by atoms with Crippen LogP contribution in [0.15, 0.2) is 65.8 Å². The Hall–Kier alpha value is -3.65. The van der Waals surface area contributed by atoms with Gasteiger partial charge < -0.3 is 9.47 Å². The van der Waals surface area contributed by atoms with Gasteiger partial charge in [-0.2, -0.15) is 4.98 Å². The zero-order chi connectivity index (χ0) is 23.7. The van der Waals surface area contributed by atoms with Crippen LogP contribution in [0.1, 0.15) is 31.6 Å². The minimum absolute atomic E-state index is 0.0548. The van der Waals surface area contributed by atoms with Crippen molar-refractivity contribution in [2.45, 2.75) is 31.1 Å². The summed E-state index contributed by atoms with van der Waals surface area (Å²) < 4.78 is 12.4. The van der Waals surface area contributed by atoms with Crippen molar-refractivity contribution in [1.29, 1.82) is 0 Å². The average molecular weight is 473 g/mol. The van der Waals surface area contributed by atoms with Gasteiger partial charge in [-0.15, -0.1) is 10.2 Å². The fraction of sp³-hybridized carbons (Fsp3) is 0.231. The van der Waals surface area contributed by atoms with Crippen molar-refractivity contribution in [2.75, 3.05) is 18.3 Å². The largest absolute Gasteiger partial charge is 0.496 e. The quantitative estimate of drug-likeness (QED) is 0.348.